The number of sulfone groups is 1. The van der Waals surface area contributed by atoms with Crippen LogP contribution in [-0.2, 0) is 9.84 Å². The second-order valence-corrected chi connectivity index (χ2v) is 6.49. The molecule has 0 aliphatic heterocycles. The average molecular weight is 279 g/mol. The molecular formula is C13H17N3O2S. The summed E-state index contributed by atoms with van der Waals surface area (Å²) in [6, 6.07) is 6.60. The van der Waals surface area contributed by atoms with Crippen molar-refractivity contribution in [1.82, 2.24) is 9.55 Å². The molecule has 1 aromatic heterocycles. The molecule has 0 bridgehead atoms. The highest BCUT2D eigenvalue weighted by atomic mass is 32.2. The molecule has 0 saturated carbocycles. The second-order valence-electron chi connectivity index (χ2n) is 4.47. The normalized spacial score (nSPS) is 13.4. The Hall–Kier alpha value is -1.66. The van der Waals surface area contributed by atoms with E-state index in [1.807, 2.05) is 11.5 Å². The van der Waals surface area contributed by atoms with Crippen molar-refractivity contribution >= 4 is 9.84 Å². The molecule has 1 heterocycles. The number of benzene rings is 1. The first-order valence-electron chi connectivity index (χ1n) is 6.01. The van der Waals surface area contributed by atoms with Crippen LogP contribution < -0.4 is 5.73 Å². The summed E-state index contributed by atoms with van der Waals surface area (Å²) in [5.74, 6) is 0. The summed E-state index contributed by atoms with van der Waals surface area (Å²) in [6.07, 6.45) is 5.42. The number of hydrogen-bond donors (Lipinski definition) is 1. The highest BCUT2D eigenvalue weighted by molar-refractivity contribution is 7.90. The fourth-order valence-electron chi connectivity index (χ4n) is 1.86. The smallest absolute Gasteiger partial charge is 0.175 e. The van der Waals surface area contributed by atoms with E-state index in [9.17, 15) is 8.42 Å². The third kappa shape index (κ3) is 2.85. The molecule has 0 amide bonds. The third-order valence-corrected chi connectivity index (χ3v) is 4.16. The highest BCUT2D eigenvalue weighted by Crippen LogP contribution is 2.19. The summed E-state index contributed by atoms with van der Waals surface area (Å²) in [4.78, 5) is 4.41. The monoisotopic (exact) mass is 279 g/mol. The van der Waals surface area contributed by atoms with Gasteiger partial charge in [-0.2, -0.15) is 0 Å². The fraction of sp³-hybridized carbons (Fsp3) is 0.308. The van der Waals surface area contributed by atoms with E-state index in [0.29, 0.717) is 4.90 Å². The predicted octanol–water partition coefficient (Wildman–Crippen LogP) is 1.69. The molecular weight excluding hydrogens is 262 g/mol. The zero-order valence-corrected chi connectivity index (χ0v) is 11.8. The molecule has 1 atom stereocenters. The summed E-state index contributed by atoms with van der Waals surface area (Å²) in [6.45, 7) is 2.01. The third-order valence-electron chi connectivity index (χ3n) is 3.03. The molecule has 0 spiro atoms. The van der Waals surface area contributed by atoms with Crippen molar-refractivity contribution in [2.24, 2.45) is 5.73 Å². The first kappa shape index (κ1) is 13.8. The largest absolute Gasteiger partial charge is 0.323 e. The zero-order valence-electron chi connectivity index (χ0n) is 10.9. The minimum absolute atomic E-state index is 0.0860. The lowest BCUT2D eigenvalue weighted by molar-refractivity contribution is 0.602. The van der Waals surface area contributed by atoms with Gasteiger partial charge in [0.25, 0.3) is 0 Å². The van der Waals surface area contributed by atoms with Crippen LogP contribution >= 0.6 is 0 Å². The molecule has 6 heteroatoms. The quantitative estimate of drug-likeness (QED) is 0.923. The molecule has 19 heavy (non-hydrogen) atoms. The van der Waals surface area contributed by atoms with Gasteiger partial charge in [-0.25, -0.2) is 13.4 Å². The SMILES string of the molecule is CC[C@@H](N)c1cncn1-c1ccc(S(C)(=O)=O)cc1. The van der Waals surface area contributed by atoms with Gasteiger partial charge in [0.1, 0.15) is 0 Å². The molecule has 0 unspecified atom stereocenters. The summed E-state index contributed by atoms with van der Waals surface area (Å²) < 4.78 is 24.7. The van der Waals surface area contributed by atoms with Crippen molar-refractivity contribution < 1.29 is 8.42 Å². The first-order valence-corrected chi connectivity index (χ1v) is 7.91. The van der Waals surface area contributed by atoms with Gasteiger partial charge in [0, 0.05) is 18.0 Å². The molecule has 1 aromatic carbocycles. The van der Waals surface area contributed by atoms with Crippen LogP contribution in [0.25, 0.3) is 5.69 Å². The van der Waals surface area contributed by atoms with Crippen molar-refractivity contribution in [3.8, 4) is 5.69 Å². The number of nitrogens with two attached hydrogens (primary N) is 1. The highest BCUT2D eigenvalue weighted by Gasteiger charge is 2.12. The Morgan fingerprint density at radius 1 is 1.32 bits per heavy atom. The van der Waals surface area contributed by atoms with E-state index in [1.165, 1.54) is 6.26 Å². The zero-order chi connectivity index (χ0) is 14.0. The van der Waals surface area contributed by atoms with Crippen LogP contribution in [0.3, 0.4) is 0 Å². The van der Waals surface area contributed by atoms with Crippen molar-refractivity contribution in [3.05, 3.63) is 42.5 Å². The van der Waals surface area contributed by atoms with Crippen LogP contribution in [0, 0.1) is 0 Å². The van der Waals surface area contributed by atoms with Crippen LogP contribution in [-0.4, -0.2) is 24.2 Å². The maximum Gasteiger partial charge on any atom is 0.175 e. The lowest BCUT2D eigenvalue weighted by Gasteiger charge is -2.13. The van der Waals surface area contributed by atoms with Gasteiger partial charge in [-0.3, -0.25) is 0 Å². The molecule has 0 saturated heterocycles. The van der Waals surface area contributed by atoms with Crippen molar-refractivity contribution in [3.63, 3.8) is 0 Å². The lowest BCUT2D eigenvalue weighted by Crippen LogP contribution is -2.13. The van der Waals surface area contributed by atoms with Gasteiger partial charge < -0.3 is 10.3 Å². The van der Waals surface area contributed by atoms with Gasteiger partial charge in [-0.05, 0) is 30.7 Å². The van der Waals surface area contributed by atoms with Crippen LogP contribution in [0.1, 0.15) is 25.1 Å². The molecule has 102 valence electrons. The maximum absolute atomic E-state index is 11.4. The Bertz CT molecular complexity index is 659. The van der Waals surface area contributed by atoms with E-state index in [0.717, 1.165) is 17.8 Å². The van der Waals surface area contributed by atoms with E-state index in [1.54, 1.807) is 36.8 Å². The average Bonchev–Trinajstić information content (AvgIpc) is 2.86. The Kier molecular flexibility index (Phi) is 3.73. The summed E-state index contributed by atoms with van der Waals surface area (Å²) in [7, 11) is -3.17. The van der Waals surface area contributed by atoms with E-state index in [-0.39, 0.29) is 6.04 Å². The van der Waals surface area contributed by atoms with E-state index < -0.39 is 9.84 Å². The van der Waals surface area contributed by atoms with Gasteiger partial charge in [0.15, 0.2) is 9.84 Å². The van der Waals surface area contributed by atoms with Gasteiger partial charge in [0.05, 0.1) is 23.1 Å². The van der Waals surface area contributed by atoms with Gasteiger partial charge in [-0.15, -0.1) is 0 Å². The molecule has 2 rings (SSSR count). The van der Waals surface area contributed by atoms with Crippen molar-refractivity contribution in [1.29, 1.82) is 0 Å². The van der Waals surface area contributed by atoms with Gasteiger partial charge in [-0.1, -0.05) is 6.92 Å². The fourth-order valence-corrected chi connectivity index (χ4v) is 2.49. The standard InChI is InChI=1S/C13H17N3O2S/c1-3-12(14)13-8-15-9-16(13)10-4-6-11(7-5-10)19(2,17)18/h4-9,12H,3,14H2,1-2H3/t12-/m1/s1. The van der Waals surface area contributed by atoms with E-state index in [2.05, 4.69) is 4.98 Å². The van der Waals surface area contributed by atoms with Crippen LogP contribution in [0.2, 0.25) is 0 Å². The van der Waals surface area contributed by atoms with Crippen LogP contribution in [0.5, 0.6) is 0 Å². The summed E-state index contributed by atoms with van der Waals surface area (Å²) in [5, 5.41) is 0. The molecule has 0 radical (unpaired) electrons. The topological polar surface area (TPSA) is 78.0 Å². The molecule has 0 fully saturated rings. The number of aromatic nitrogens is 2. The van der Waals surface area contributed by atoms with Crippen molar-refractivity contribution in [2.45, 2.75) is 24.3 Å². The van der Waals surface area contributed by atoms with Gasteiger partial charge in [0.2, 0.25) is 0 Å². The molecule has 5 nitrogen and oxygen atoms in total. The first-order chi connectivity index (χ1) is 8.93. The second kappa shape index (κ2) is 5.14. The molecule has 0 aliphatic carbocycles. The van der Waals surface area contributed by atoms with Gasteiger partial charge >= 0.3 is 0 Å². The Morgan fingerprint density at radius 2 is 1.95 bits per heavy atom. The Balaban J connectivity index is 2.41. The Labute approximate surface area is 113 Å². The van der Waals surface area contributed by atoms with Crippen LogP contribution in [0.4, 0.5) is 0 Å². The minimum atomic E-state index is -3.17. The lowest BCUT2D eigenvalue weighted by atomic mass is 10.2. The number of imidazole rings is 1. The molecule has 0 aliphatic rings. The number of nitrogens with zero attached hydrogens (tertiary/aromatic N) is 2. The minimum Gasteiger partial charge on any atom is -0.323 e. The van der Waals surface area contributed by atoms with Crippen molar-refractivity contribution in [2.75, 3.05) is 6.26 Å². The number of hydrogen-bond acceptors (Lipinski definition) is 4. The summed E-state index contributed by atoms with van der Waals surface area (Å²) in [5.41, 5.74) is 7.78. The maximum atomic E-state index is 11.4. The molecule has 2 aromatic rings. The number of rotatable bonds is 4. The predicted molar refractivity (Wildman–Crippen MR) is 73.9 cm³/mol. The van der Waals surface area contributed by atoms with E-state index in [4.69, 9.17) is 5.73 Å². The Morgan fingerprint density at radius 3 is 2.47 bits per heavy atom. The molecule has 2 N–H and O–H groups in total. The van der Waals surface area contributed by atoms with Crippen LogP contribution in [0.15, 0.2) is 41.7 Å². The summed E-state index contributed by atoms with van der Waals surface area (Å²) >= 11 is 0. The van der Waals surface area contributed by atoms with E-state index >= 15 is 0 Å².